The molecular formula is C15H24N4O2S. The van der Waals surface area contributed by atoms with Gasteiger partial charge < -0.3 is 15.1 Å². The molecule has 2 fully saturated rings. The highest BCUT2D eigenvalue weighted by atomic mass is 32.2. The van der Waals surface area contributed by atoms with Crippen molar-refractivity contribution in [2.24, 2.45) is 5.92 Å². The summed E-state index contributed by atoms with van der Waals surface area (Å²) in [4.78, 5) is 27.4. The molecule has 2 amide bonds. The minimum absolute atomic E-state index is 0.00282. The SMILES string of the molecule is CN(C)C(=O)C1CCC(NCC(=O)N2CSC[C@H]2C#N)CC1. The van der Waals surface area contributed by atoms with Crippen LogP contribution in [0.4, 0.5) is 0 Å². The smallest absolute Gasteiger partial charge is 0.238 e. The lowest BCUT2D eigenvalue weighted by Crippen LogP contribution is -2.45. The van der Waals surface area contributed by atoms with Gasteiger partial charge in [-0.05, 0) is 25.7 Å². The minimum Gasteiger partial charge on any atom is -0.349 e. The van der Waals surface area contributed by atoms with Gasteiger partial charge in [-0.1, -0.05) is 0 Å². The monoisotopic (exact) mass is 324 g/mol. The van der Waals surface area contributed by atoms with Crippen LogP contribution in [0.2, 0.25) is 0 Å². The Bertz CT molecular complexity index is 455. The molecule has 0 aromatic rings. The molecule has 0 spiro atoms. The number of nitrogens with one attached hydrogen (secondary N) is 1. The standard InChI is InChI=1S/C15H24N4O2S/c1-18(2)15(21)11-3-5-12(6-4-11)17-8-14(20)19-10-22-9-13(19)7-16/h11-13,17H,3-6,8-10H2,1-2H3/t11?,12?,13-/m1/s1. The van der Waals surface area contributed by atoms with Crippen LogP contribution < -0.4 is 5.32 Å². The van der Waals surface area contributed by atoms with Gasteiger partial charge in [0.15, 0.2) is 0 Å². The number of thioether (sulfide) groups is 1. The Balaban J connectivity index is 1.72. The third-order valence-corrected chi connectivity index (χ3v) is 5.42. The highest BCUT2D eigenvalue weighted by Gasteiger charge is 2.30. The quantitative estimate of drug-likeness (QED) is 0.821. The van der Waals surface area contributed by atoms with Crippen molar-refractivity contribution in [3.05, 3.63) is 0 Å². The Morgan fingerprint density at radius 2 is 2.00 bits per heavy atom. The van der Waals surface area contributed by atoms with Crippen molar-refractivity contribution in [2.75, 3.05) is 32.3 Å². The third-order valence-electron chi connectivity index (χ3n) is 4.41. The predicted molar refractivity (Wildman–Crippen MR) is 86.0 cm³/mol. The Kier molecular flexibility index (Phi) is 6.09. The molecule has 0 aromatic heterocycles. The number of hydrogen-bond donors (Lipinski definition) is 1. The van der Waals surface area contributed by atoms with E-state index in [0.717, 1.165) is 25.7 Å². The second-order valence-electron chi connectivity index (χ2n) is 6.17. The first kappa shape index (κ1) is 17.1. The molecule has 1 heterocycles. The Morgan fingerprint density at radius 3 is 2.59 bits per heavy atom. The molecule has 122 valence electrons. The van der Waals surface area contributed by atoms with Crippen LogP contribution in [-0.2, 0) is 9.59 Å². The summed E-state index contributed by atoms with van der Waals surface area (Å²) in [5, 5.41) is 12.3. The Morgan fingerprint density at radius 1 is 1.32 bits per heavy atom. The van der Waals surface area contributed by atoms with Gasteiger partial charge in [0.2, 0.25) is 11.8 Å². The summed E-state index contributed by atoms with van der Waals surface area (Å²) in [6.07, 6.45) is 3.61. The van der Waals surface area contributed by atoms with E-state index in [9.17, 15) is 9.59 Å². The first-order valence-corrected chi connectivity index (χ1v) is 8.89. The average molecular weight is 324 g/mol. The minimum atomic E-state index is -0.284. The van der Waals surface area contributed by atoms with Gasteiger partial charge in [-0.3, -0.25) is 9.59 Å². The molecule has 1 aliphatic heterocycles. The van der Waals surface area contributed by atoms with E-state index in [-0.39, 0.29) is 30.3 Å². The van der Waals surface area contributed by atoms with Gasteiger partial charge in [-0.15, -0.1) is 11.8 Å². The third kappa shape index (κ3) is 4.14. The van der Waals surface area contributed by atoms with Crippen LogP contribution in [0.15, 0.2) is 0 Å². The van der Waals surface area contributed by atoms with E-state index in [0.29, 0.717) is 17.7 Å². The van der Waals surface area contributed by atoms with Crippen molar-refractivity contribution in [2.45, 2.75) is 37.8 Å². The number of amides is 2. The number of rotatable bonds is 4. The molecule has 0 radical (unpaired) electrons. The van der Waals surface area contributed by atoms with Crippen molar-refractivity contribution >= 4 is 23.6 Å². The fraction of sp³-hybridized carbons (Fsp3) is 0.800. The maximum Gasteiger partial charge on any atom is 0.238 e. The van der Waals surface area contributed by atoms with Crippen molar-refractivity contribution in [3.63, 3.8) is 0 Å². The second-order valence-corrected chi connectivity index (χ2v) is 7.17. The van der Waals surface area contributed by atoms with Crippen LogP contribution in [0.1, 0.15) is 25.7 Å². The highest BCUT2D eigenvalue weighted by molar-refractivity contribution is 7.99. The molecule has 2 aliphatic rings. The summed E-state index contributed by atoms with van der Waals surface area (Å²) in [6.45, 7) is 0.287. The molecule has 1 saturated heterocycles. The first-order chi connectivity index (χ1) is 10.5. The van der Waals surface area contributed by atoms with E-state index in [2.05, 4.69) is 11.4 Å². The lowest BCUT2D eigenvalue weighted by atomic mass is 9.85. The molecule has 2 rings (SSSR count). The van der Waals surface area contributed by atoms with Crippen LogP contribution in [0.5, 0.6) is 0 Å². The fourth-order valence-corrected chi connectivity index (χ4v) is 4.14. The van der Waals surface area contributed by atoms with Crippen molar-refractivity contribution in [1.29, 1.82) is 5.26 Å². The molecular weight excluding hydrogens is 300 g/mol. The zero-order chi connectivity index (χ0) is 16.1. The van der Waals surface area contributed by atoms with Gasteiger partial charge in [-0.25, -0.2) is 0 Å². The number of hydrogen-bond acceptors (Lipinski definition) is 5. The van der Waals surface area contributed by atoms with Crippen LogP contribution >= 0.6 is 11.8 Å². The predicted octanol–water partition coefficient (Wildman–Crippen LogP) is 0.648. The molecule has 0 bridgehead atoms. The largest absolute Gasteiger partial charge is 0.349 e. The van der Waals surface area contributed by atoms with Crippen LogP contribution in [-0.4, -0.2) is 66.0 Å². The van der Waals surface area contributed by atoms with E-state index in [1.807, 2.05) is 0 Å². The molecule has 6 nitrogen and oxygen atoms in total. The summed E-state index contributed by atoms with van der Waals surface area (Å²) in [6, 6.07) is 2.19. The molecule has 0 aromatic carbocycles. The number of nitrogens with zero attached hydrogens (tertiary/aromatic N) is 3. The highest BCUT2D eigenvalue weighted by Crippen LogP contribution is 2.25. The molecule has 7 heteroatoms. The fourth-order valence-electron chi connectivity index (χ4n) is 3.04. The summed E-state index contributed by atoms with van der Waals surface area (Å²) < 4.78 is 0. The van der Waals surface area contributed by atoms with Gasteiger partial charge in [-0.2, -0.15) is 5.26 Å². The number of carbonyl (C=O) groups is 2. The molecule has 0 unspecified atom stereocenters. The van der Waals surface area contributed by atoms with Gasteiger partial charge in [0.1, 0.15) is 6.04 Å². The lowest BCUT2D eigenvalue weighted by molar-refractivity contribution is -0.134. The summed E-state index contributed by atoms with van der Waals surface area (Å²) in [5.74, 6) is 1.66. The molecule has 1 atom stereocenters. The first-order valence-electron chi connectivity index (χ1n) is 7.74. The number of nitriles is 1. The Labute approximate surface area is 136 Å². The topological polar surface area (TPSA) is 76.4 Å². The molecule has 1 saturated carbocycles. The van der Waals surface area contributed by atoms with E-state index in [1.54, 1.807) is 35.7 Å². The summed E-state index contributed by atoms with van der Waals surface area (Å²) in [5.41, 5.74) is 0. The zero-order valence-electron chi connectivity index (χ0n) is 13.2. The average Bonchev–Trinajstić information content (AvgIpc) is 3.01. The van der Waals surface area contributed by atoms with Gasteiger partial charge in [0, 0.05) is 31.8 Å². The number of carbonyl (C=O) groups excluding carboxylic acids is 2. The lowest BCUT2D eigenvalue weighted by Gasteiger charge is -2.30. The van der Waals surface area contributed by atoms with Gasteiger partial charge in [0.25, 0.3) is 0 Å². The van der Waals surface area contributed by atoms with Gasteiger partial charge >= 0.3 is 0 Å². The summed E-state index contributed by atoms with van der Waals surface area (Å²) >= 11 is 1.62. The van der Waals surface area contributed by atoms with Crippen LogP contribution in [0, 0.1) is 17.2 Å². The van der Waals surface area contributed by atoms with E-state index < -0.39 is 0 Å². The maximum absolute atomic E-state index is 12.2. The van der Waals surface area contributed by atoms with Crippen LogP contribution in [0.3, 0.4) is 0 Å². The summed E-state index contributed by atoms with van der Waals surface area (Å²) in [7, 11) is 3.59. The van der Waals surface area contributed by atoms with Crippen molar-refractivity contribution < 1.29 is 9.59 Å². The second kappa shape index (κ2) is 7.84. The molecule has 1 aliphatic carbocycles. The van der Waals surface area contributed by atoms with E-state index in [1.165, 1.54) is 0 Å². The van der Waals surface area contributed by atoms with Crippen molar-refractivity contribution in [3.8, 4) is 6.07 Å². The normalized spacial score (nSPS) is 28.2. The van der Waals surface area contributed by atoms with Crippen LogP contribution in [0.25, 0.3) is 0 Å². The molecule has 22 heavy (non-hydrogen) atoms. The Hall–Kier alpha value is -1.26. The van der Waals surface area contributed by atoms with E-state index >= 15 is 0 Å². The maximum atomic E-state index is 12.2. The van der Waals surface area contributed by atoms with E-state index in [4.69, 9.17) is 5.26 Å². The van der Waals surface area contributed by atoms with Gasteiger partial charge in [0.05, 0.1) is 18.5 Å². The molecule has 1 N–H and O–H groups in total. The van der Waals surface area contributed by atoms with Crippen molar-refractivity contribution in [1.82, 2.24) is 15.1 Å². The zero-order valence-corrected chi connectivity index (χ0v) is 14.1.